The fourth-order valence-electron chi connectivity index (χ4n) is 1.58. The number of rotatable bonds is 6. The molecule has 0 unspecified atom stereocenters. The van der Waals surface area contributed by atoms with E-state index in [9.17, 15) is 14.7 Å². The Bertz CT molecular complexity index is 469. The number of amides is 2. The summed E-state index contributed by atoms with van der Waals surface area (Å²) in [6.45, 7) is 0.168. The number of primary amides is 2. The van der Waals surface area contributed by atoms with E-state index in [0.29, 0.717) is 15.5 Å². The minimum atomic E-state index is -0.543. The second kappa shape index (κ2) is 6.88. The smallest absolute Gasteiger partial charge is 0.231 e. The number of benzene rings is 1. The van der Waals surface area contributed by atoms with E-state index >= 15 is 0 Å². The van der Waals surface area contributed by atoms with Gasteiger partial charge in [0.1, 0.15) is 5.75 Å². The molecule has 0 aromatic heterocycles. The average molecular weight is 395 g/mol. The number of halogens is 2. The van der Waals surface area contributed by atoms with E-state index in [1.165, 1.54) is 4.90 Å². The van der Waals surface area contributed by atoms with E-state index in [0.717, 1.165) is 5.56 Å². The Labute approximate surface area is 127 Å². The number of hydrogen-bond acceptors (Lipinski definition) is 4. The van der Waals surface area contributed by atoms with Gasteiger partial charge in [0.05, 0.1) is 22.0 Å². The molecule has 0 heterocycles. The predicted octanol–water partition coefficient (Wildman–Crippen LogP) is 0.690. The van der Waals surface area contributed by atoms with Crippen molar-refractivity contribution < 1.29 is 14.7 Å². The van der Waals surface area contributed by atoms with E-state index in [1.807, 2.05) is 0 Å². The number of aromatic hydroxyl groups is 1. The second-order valence-electron chi connectivity index (χ2n) is 3.99. The molecular weight excluding hydrogens is 382 g/mol. The van der Waals surface area contributed by atoms with E-state index in [1.54, 1.807) is 12.1 Å². The van der Waals surface area contributed by atoms with E-state index < -0.39 is 11.8 Å². The molecule has 104 valence electrons. The summed E-state index contributed by atoms with van der Waals surface area (Å²) in [6, 6.07) is 3.38. The first-order chi connectivity index (χ1) is 8.79. The van der Waals surface area contributed by atoms with Crippen molar-refractivity contribution in [1.29, 1.82) is 0 Å². The minimum Gasteiger partial charge on any atom is -0.506 e. The van der Waals surface area contributed by atoms with Crippen LogP contribution in [0.15, 0.2) is 21.1 Å². The topological polar surface area (TPSA) is 110 Å². The third kappa shape index (κ3) is 5.17. The zero-order valence-electron chi connectivity index (χ0n) is 9.90. The van der Waals surface area contributed by atoms with Crippen LogP contribution >= 0.6 is 31.9 Å². The first kappa shape index (κ1) is 15.9. The maximum atomic E-state index is 10.9. The fourth-order valence-corrected chi connectivity index (χ4v) is 2.86. The zero-order valence-corrected chi connectivity index (χ0v) is 13.1. The lowest BCUT2D eigenvalue weighted by molar-refractivity contribution is -0.122. The van der Waals surface area contributed by atoms with Gasteiger partial charge >= 0.3 is 0 Å². The minimum absolute atomic E-state index is 0.0704. The van der Waals surface area contributed by atoms with Gasteiger partial charge in [-0.2, -0.15) is 0 Å². The van der Waals surface area contributed by atoms with Gasteiger partial charge in [0.25, 0.3) is 0 Å². The number of phenols is 1. The normalized spacial score (nSPS) is 10.7. The van der Waals surface area contributed by atoms with Crippen LogP contribution in [0.3, 0.4) is 0 Å². The molecule has 0 spiro atoms. The van der Waals surface area contributed by atoms with Gasteiger partial charge < -0.3 is 16.6 Å². The van der Waals surface area contributed by atoms with Crippen LogP contribution in [0.5, 0.6) is 5.75 Å². The van der Waals surface area contributed by atoms with Crippen LogP contribution < -0.4 is 11.5 Å². The van der Waals surface area contributed by atoms with Crippen molar-refractivity contribution in [2.24, 2.45) is 11.5 Å². The molecule has 0 aliphatic carbocycles. The van der Waals surface area contributed by atoms with Crippen LogP contribution in [0, 0.1) is 0 Å². The lowest BCUT2D eigenvalue weighted by atomic mass is 10.2. The fraction of sp³-hybridized carbons (Fsp3) is 0.273. The Balaban J connectivity index is 2.89. The highest BCUT2D eigenvalue weighted by molar-refractivity contribution is 9.11. The summed E-state index contributed by atoms with van der Waals surface area (Å²) >= 11 is 6.41. The summed E-state index contributed by atoms with van der Waals surface area (Å²) in [4.78, 5) is 23.4. The third-order valence-corrected chi connectivity index (χ3v) is 3.45. The molecule has 1 aromatic carbocycles. The molecule has 1 aromatic rings. The number of carbonyl (C=O) groups is 2. The summed E-state index contributed by atoms with van der Waals surface area (Å²) in [7, 11) is 0. The lowest BCUT2D eigenvalue weighted by Gasteiger charge is -2.19. The Morgan fingerprint density at radius 1 is 1.11 bits per heavy atom. The van der Waals surface area contributed by atoms with Gasteiger partial charge in [0.2, 0.25) is 11.8 Å². The Morgan fingerprint density at radius 3 is 1.89 bits per heavy atom. The molecule has 1 rings (SSSR count). The highest BCUT2D eigenvalue weighted by atomic mass is 79.9. The predicted molar refractivity (Wildman–Crippen MR) is 77.2 cm³/mol. The lowest BCUT2D eigenvalue weighted by Crippen LogP contribution is -2.39. The molecule has 0 fully saturated rings. The molecule has 0 aliphatic rings. The zero-order chi connectivity index (χ0) is 14.6. The molecule has 0 saturated heterocycles. The maximum absolute atomic E-state index is 10.9. The first-order valence-corrected chi connectivity index (χ1v) is 6.84. The first-order valence-electron chi connectivity index (χ1n) is 5.25. The SMILES string of the molecule is NC(=O)CN(CC(N)=O)Cc1cc(Br)c(O)c(Br)c1. The van der Waals surface area contributed by atoms with Crippen LogP contribution in [0.25, 0.3) is 0 Å². The molecule has 0 radical (unpaired) electrons. The largest absolute Gasteiger partial charge is 0.506 e. The van der Waals surface area contributed by atoms with Crippen LogP contribution in [0.2, 0.25) is 0 Å². The Hall–Kier alpha value is -1.12. The summed E-state index contributed by atoms with van der Waals surface area (Å²) in [6.07, 6.45) is 0. The molecule has 0 atom stereocenters. The number of carbonyl (C=O) groups excluding carboxylic acids is 2. The van der Waals surface area contributed by atoms with Gasteiger partial charge in [-0.25, -0.2) is 0 Å². The van der Waals surface area contributed by atoms with Crippen LogP contribution in [-0.2, 0) is 16.1 Å². The van der Waals surface area contributed by atoms with E-state index in [-0.39, 0.29) is 18.8 Å². The number of hydrogen-bond donors (Lipinski definition) is 3. The quantitative estimate of drug-likeness (QED) is 0.659. The standard InChI is InChI=1S/C11H13Br2N3O3/c12-7-1-6(2-8(13)11(7)19)3-16(4-9(14)17)5-10(15)18/h1-2,19H,3-5H2,(H2,14,17)(H2,15,18). The average Bonchev–Trinajstić information content (AvgIpc) is 2.23. The highest BCUT2D eigenvalue weighted by Gasteiger charge is 2.14. The second-order valence-corrected chi connectivity index (χ2v) is 5.69. The van der Waals surface area contributed by atoms with Crippen molar-refractivity contribution in [1.82, 2.24) is 4.90 Å². The molecule has 0 aliphatic heterocycles. The molecule has 0 saturated carbocycles. The molecule has 6 nitrogen and oxygen atoms in total. The maximum Gasteiger partial charge on any atom is 0.231 e. The summed E-state index contributed by atoms with van der Waals surface area (Å²) < 4.78 is 1.02. The van der Waals surface area contributed by atoms with Crippen molar-refractivity contribution in [3.63, 3.8) is 0 Å². The van der Waals surface area contributed by atoms with Crippen LogP contribution in [0.1, 0.15) is 5.56 Å². The van der Waals surface area contributed by atoms with Crippen LogP contribution in [0.4, 0.5) is 0 Å². The molecule has 5 N–H and O–H groups in total. The number of nitrogens with two attached hydrogens (primary N) is 2. The van der Waals surface area contributed by atoms with Crippen molar-refractivity contribution >= 4 is 43.7 Å². The third-order valence-electron chi connectivity index (χ3n) is 2.24. The summed E-state index contributed by atoms with van der Waals surface area (Å²) in [5.41, 5.74) is 11.0. The van der Waals surface area contributed by atoms with E-state index in [4.69, 9.17) is 11.5 Å². The molecule has 2 amide bonds. The summed E-state index contributed by atoms with van der Waals surface area (Å²) in [5.74, 6) is -1.00. The highest BCUT2D eigenvalue weighted by Crippen LogP contribution is 2.33. The molecule has 19 heavy (non-hydrogen) atoms. The number of phenolic OH excluding ortho intramolecular Hbond substituents is 1. The van der Waals surface area contributed by atoms with Crippen molar-refractivity contribution in [2.45, 2.75) is 6.54 Å². The van der Waals surface area contributed by atoms with Crippen molar-refractivity contribution in [3.8, 4) is 5.75 Å². The van der Waals surface area contributed by atoms with Gasteiger partial charge in [0, 0.05) is 6.54 Å². The van der Waals surface area contributed by atoms with Crippen molar-refractivity contribution in [2.75, 3.05) is 13.1 Å². The molecule has 8 heteroatoms. The Kier molecular flexibility index (Phi) is 5.77. The van der Waals surface area contributed by atoms with Gasteiger partial charge in [0.15, 0.2) is 0 Å². The number of nitrogens with zero attached hydrogens (tertiary/aromatic N) is 1. The van der Waals surface area contributed by atoms with Gasteiger partial charge in [-0.05, 0) is 49.6 Å². The van der Waals surface area contributed by atoms with Crippen molar-refractivity contribution in [3.05, 3.63) is 26.6 Å². The van der Waals surface area contributed by atoms with E-state index in [2.05, 4.69) is 31.9 Å². The molecular formula is C11H13Br2N3O3. The summed E-state index contributed by atoms with van der Waals surface area (Å²) in [5, 5.41) is 9.60. The van der Waals surface area contributed by atoms with Gasteiger partial charge in [-0.1, -0.05) is 0 Å². The Morgan fingerprint density at radius 2 is 1.53 bits per heavy atom. The van der Waals surface area contributed by atoms with Crippen LogP contribution in [-0.4, -0.2) is 34.9 Å². The van der Waals surface area contributed by atoms with Gasteiger partial charge in [-0.15, -0.1) is 0 Å². The monoisotopic (exact) mass is 393 g/mol. The molecule has 0 bridgehead atoms. The van der Waals surface area contributed by atoms with Gasteiger partial charge in [-0.3, -0.25) is 14.5 Å².